The van der Waals surface area contributed by atoms with Gasteiger partial charge in [-0.3, -0.25) is 9.59 Å². The standard InChI is InChI=1S/C18H20FN3O4/c1-12-16(10-20-22(12)15-4-2-13(19)3-5-15)18(25)21(11-17(23)24)14-6-8-26-9-7-14/h2-5,10,14H,6-9,11H2,1H3,(H,23,24). The molecule has 2 heterocycles. The van der Waals surface area contributed by atoms with Crippen LogP contribution in [0.3, 0.4) is 0 Å². The first-order chi connectivity index (χ1) is 12.5. The summed E-state index contributed by atoms with van der Waals surface area (Å²) in [7, 11) is 0. The van der Waals surface area contributed by atoms with Crippen LogP contribution in [0, 0.1) is 12.7 Å². The first kappa shape index (κ1) is 18.1. The van der Waals surface area contributed by atoms with E-state index >= 15 is 0 Å². The van der Waals surface area contributed by atoms with E-state index in [2.05, 4.69) is 5.10 Å². The quantitative estimate of drug-likeness (QED) is 0.881. The Bertz CT molecular complexity index is 797. The molecular formula is C18H20FN3O4. The molecule has 0 bridgehead atoms. The molecule has 0 spiro atoms. The smallest absolute Gasteiger partial charge is 0.323 e. The van der Waals surface area contributed by atoms with Gasteiger partial charge in [-0.05, 0) is 44.0 Å². The Morgan fingerprint density at radius 1 is 1.31 bits per heavy atom. The van der Waals surface area contributed by atoms with Crippen LogP contribution in [0.15, 0.2) is 30.5 Å². The zero-order valence-electron chi connectivity index (χ0n) is 14.4. The Hall–Kier alpha value is -2.74. The predicted octanol–water partition coefficient (Wildman–Crippen LogP) is 2.03. The summed E-state index contributed by atoms with van der Waals surface area (Å²) in [6.45, 7) is 2.36. The van der Waals surface area contributed by atoms with Gasteiger partial charge >= 0.3 is 5.97 Å². The third-order valence-corrected chi connectivity index (χ3v) is 4.51. The minimum absolute atomic E-state index is 0.180. The first-order valence-electron chi connectivity index (χ1n) is 8.38. The maximum atomic E-state index is 13.1. The van der Waals surface area contributed by atoms with Crippen LogP contribution >= 0.6 is 0 Å². The van der Waals surface area contributed by atoms with Crippen molar-refractivity contribution in [2.75, 3.05) is 19.8 Å². The molecular weight excluding hydrogens is 341 g/mol. The molecule has 1 N–H and O–H groups in total. The SMILES string of the molecule is Cc1c(C(=O)N(CC(=O)O)C2CCOCC2)cnn1-c1ccc(F)cc1. The maximum absolute atomic E-state index is 13.1. The second-order valence-electron chi connectivity index (χ2n) is 6.20. The molecule has 0 saturated carbocycles. The van der Waals surface area contributed by atoms with E-state index in [1.54, 1.807) is 19.1 Å². The van der Waals surface area contributed by atoms with Crippen molar-refractivity contribution in [3.05, 3.63) is 47.5 Å². The second kappa shape index (κ2) is 7.65. The van der Waals surface area contributed by atoms with Crippen molar-refractivity contribution < 1.29 is 23.8 Å². The average molecular weight is 361 g/mol. The molecule has 0 radical (unpaired) electrons. The van der Waals surface area contributed by atoms with Crippen LogP contribution in [0.5, 0.6) is 0 Å². The normalized spacial score (nSPS) is 15.0. The van der Waals surface area contributed by atoms with Gasteiger partial charge < -0.3 is 14.7 Å². The highest BCUT2D eigenvalue weighted by Gasteiger charge is 2.30. The average Bonchev–Trinajstić information content (AvgIpc) is 3.02. The first-order valence-corrected chi connectivity index (χ1v) is 8.38. The maximum Gasteiger partial charge on any atom is 0.323 e. The molecule has 2 aromatic rings. The van der Waals surface area contributed by atoms with Gasteiger partial charge in [0.2, 0.25) is 0 Å². The summed E-state index contributed by atoms with van der Waals surface area (Å²) < 4.78 is 20.0. The lowest BCUT2D eigenvalue weighted by molar-refractivity contribution is -0.138. The van der Waals surface area contributed by atoms with Gasteiger partial charge in [0.25, 0.3) is 5.91 Å². The number of hydrogen-bond acceptors (Lipinski definition) is 4. The van der Waals surface area contributed by atoms with Gasteiger partial charge in [0, 0.05) is 19.3 Å². The molecule has 0 aliphatic carbocycles. The van der Waals surface area contributed by atoms with E-state index in [4.69, 9.17) is 4.74 Å². The second-order valence-corrected chi connectivity index (χ2v) is 6.20. The number of benzene rings is 1. The van der Waals surface area contributed by atoms with Gasteiger partial charge in [-0.2, -0.15) is 5.10 Å². The molecule has 1 aromatic heterocycles. The third kappa shape index (κ3) is 3.75. The van der Waals surface area contributed by atoms with Crippen LogP contribution in [0.4, 0.5) is 4.39 Å². The minimum atomic E-state index is -1.06. The summed E-state index contributed by atoms with van der Waals surface area (Å²) in [4.78, 5) is 25.6. The number of carbonyl (C=O) groups excluding carboxylic acids is 1. The van der Waals surface area contributed by atoms with Gasteiger partial charge in [0.05, 0.1) is 23.1 Å². The number of nitrogens with zero attached hydrogens (tertiary/aromatic N) is 3. The van der Waals surface area contributed by atoms with Crippen LogP contribution in [0.25, 0.3) is 5.69 Å². The van der Waals surface area contributed by atoms with E-state index in [0.717, 1.165) is 0 Å². The highest BCUT2D eigenvalue weighted by Crippen LogP contribution is 2.21. The fraction of sp³-hybridized carbons (Fsp3) is 0.389. The van der Waals surface area contributed by atoms with Crippen LogP contribution in [-0.2, 0) is 9.53 Å². The number of halogens is 1. The van der Waals surface area contributed by atoms with Crippen molar-refractivity contribution in [1.82, 2.24) is 14.7 Å². The number of carboxylic acids is 1. The van der Waals surface area contributed by atoms with Crippen molar-refractivity contribution in [3.63, 3.8) is 0 Å². The minimum Gasteiger partial charge on any atom is -0.480 e. The number of carboxylic acid groups (broad SMARTS) is 1. The van der Waals surface area contributed by atoms with E-state index in [1.807, 2.05) is 0 Å². The Kier molecular flexibility index (Phi) is 5.32. The lowest BCUT2D eigenvalue weighted by Crippen LogP contribution is -2.46. The molecule has 1 aromatic carbocycles. The summed E-state index contributed by atoms with van der Waals surface area (Å²) in [5.41, 5.74) is 1.53. The fourth-order valence-corrected chi connectivity index (χ4v) is 3.13. The zero-order chi connectivity index (χ0) is 18.7. The number of amides is 1. The number of aliphatic carboxylic acids is 1. The van der Waals surface area contributed by atoms with Crippen LogP contribution in [0.1, 0.15) is 28.9 Å². The monoisotopic (exact) mass is 361 g/mol. The molecule has 0 atom stereocenters. The van der Waals surface area contributed by atoms with Crippen molar-refractivity contribution in [3.8, 4) is 5.69 Å². The van der Waals surface area contributed by atoms with Gasteiger partial charge in [-0.15, -0.1) is 0 Å². The molecule has 26 heavy (non-hydrogen) atoms. The van der Waals surface area contributed by atoms with E-state index in [0.29, 0.717) is 43.0 Å². The molecule has 7 nitrogen and oxygen atoms in total. The van der Waals surface area contributed by atoms with Crippen LogP contribution < -0.4 is 0 Å². The van der Waals surface area contributed by atoms with Gasteiger partial charge in [0.15, 0.2) is 0 Å². The number of ether oxygens (including phenoxy) is 1. The summed E-state index contributed by atoms with van der Waals surface area (Å²) >= 11 is 0. The summed E-state index contributed by atoms with van der Waals surface area (Å²) in [5, 5.41) is 13.4. The van der Waals surface area contributed by atoms with Crippen molar-refractivity contribution in [2.24, 2.45) is 0 Å². The van der Waals surface area contributed by atoms with Crippen molar-refractivity contribution in [1.29, 1.82) is 0 Å². The van der Waals surface area contributed by atoms with E-state index < -0.39 is 5.97 Å². The summed E-state index contributed by atoms with van der Waals surface area (Å²) in [6.07, 6.45) is 2.63. The molecule has 1 aliphatic heterocycles. The topological polar surface area (TPSA) is 84.7 Å². The predicted molar refractivity (Wildman–Crippen MR) is 90.8 cm³/mol. The van der Waals surface area contributed by atoms with Gasteiger partial charge in [-0.1, -0.05) is 0 Å². The summed E-state index contributed by atoms with van der Waals surface area (Å²) in [6, 6.07) is 5.59. The Morgan fingerprint density at radius 3 is 2.58 bits per heavy atom. The van der Waals surface area contributed by atoms with E-state index in [-0.39, 0.29) is 24.3 Å². The fourth-order valence-electron chi connectivity index (χ4n) is 3.13. The molecule has 138 valence electrons. The molecule has 3 rings (SSSR count). The number of hydrogen-bond donors (Lipinski definition) is 1. The Morgan fingerprint density at radius 2 is 1.96 bits per heavy atom. The molecule has 1 amide bonds. The van der Waals surface area contributed by atoms with Crippen LogP contribution in [0.2, 0.25) is 0 Å². The molecule has 0 unspecified atom stereocenters. The van der Waals surface area contributed by atoms with Gasteiger partial charge in [-0.25, -0.2) is 9.07 Å². The highest BCUT2D eigenvalue weighted by molar-refractivity contribution is 5.97. The van der Waals surface area contributed by atoms with Crippen molar-refractivity contribution >= 4 is 11.9 Å². The third-order valence-electron chi connectivity index (χ3n) is 4.51. The Balaban J connectivity index is 1.89. The van der Waals surface area contributed by atoms with Crippen molar-refractivity contribution in [2.45, 2.75) is 25.8 Å². The molecule has 1 fully saturated rings. The number of carbonyl (C=O) groups is 2. The lowest BCUT2D eigenvalue weighted by Gasteiger charge is -2.33. The van der Waals surface area contributed by atoms with E-state index in [9.17, 15) is 19.1 Å². The van der Waals surface area contributed by atoms with Crippen LogP contribution in [-0.4, -0.2) is 57.5 Å². The van der Waals surface area contributed by atoms with E-state index in [1.165, 1.54) is 27.9 Å². The largest absolute Gasteiger partial charge is 0.480 e. The number of rotatable bonds is 5. The number of aromatic nitrogens is 2. The Labute approximate surface area is 150 Å². The molecule has 1 saturated heterocycles. The van der Waals surface area contributed by atoms with Gasteiger partial charge in [0.1, 0.15) is 12.4 Å². The summed E-state index contributed by atoms with van der Waals surface area (Å²) in [5.74, 6) is -1.79. The molecule has 1 aliphatic rings. The lowest BCUT2D eigenvalue weighted by atomic mass is 10.1. The zero-order valence-corrected chi connectivity index (χ0v) is 14.4. The highest BCUT2D eigenvalue weighted by atomic mass is 19.1. The molecule has 8 heteroatoms.